The maximum atomic E-state index is 12.9. The van der Waals surface area contributed by atoms with E-state index in [1.807, 2.05) is 0 Å². The molecular weight excluding hydrogens is 242 g/mol. The van der Waals surface area contributed by atoms with Crippen LogP contribution in [-0.4, -0.2) is 24.2 Å². The molecule has 1 amide bonds. The number of carbonyl (C=O) groups is 1. The van der Waals surface area contributed by atoms with Crippen LogP contribution in [0.1, 0.15) is 15.9 Å². The molecule has 2 N–H and O–H groups in total. The lowest BCUT2D eigenvalue weighted by Crippen LogP contribution is -2.26. The van der Waals surface area contributed by atoms with E-state index in [4.69, 9.17) is 5.11 Å². The monoisotopic (exact) mass is 251 g/mol. The van der Waals surface area contributed by atoms with Gasteiger partial charge in [0.15, 0.2) is 0 Å². The lowest BCUT2D eigenvalue weighted by Gasteiger charge is -2.10. The van der Waals surface area contributed by atoms with Crippen LogP contribution in [0.15, 0.2) is 18.2 Å². The van der Waals surface area contributed by atoms with Gasteiger partial charge in [-0.25, -0.2) is 4.39 Å². The van der Waals surface area contributed by atoms with Crippen molar-refractivity contribution in [2.45, 2.75) is 6.18 Å². The zero-order chi connectivity index (χ0) is 13.1. The second kappa shape index (κ2) is 5.13. The Morgan fingerprint density at radius 3 is 2.53 bits per heavy atom. The maximum Gasteiger partial charge on any atom is 0.419 e. The van der Waals surface area contributed by atoms with Gasteiger partial charge in [0, 0.05) is 12.1 Å². The number of nitrogens with one attached hydrogen (secondary N) is 1. The topological polar surface area (TPSA) is 49.3 Å². The number of alkyl halides is 3. The second-order valence-electron chi connectivity index (χ2n) is 3.17. The lowest BCUT2D eigenvalue weighted by molar-refractivity contribution is -0.140. The second-order valence-corrected chi connectivity index (χ2v) is 3.17. The molecule has 0 aliphatic heterocycles. The van der Waals surface area contributed by atoms with Gasteiger partial charge in [0.25, 0.3) is 5.91 Å². The molecule has 0 spiro atoms. The van der Waals surface area contributed by atoms with E-state index in [1.165, 1.54) is 0 Å². The Balaban J connectivity index is 3.00. The molecule has 1 aromatic rings. The van der Waals surface area contributed by atoms with Gasteiger partial charge in [0.2, 0.25) is 0 Å². The standard InChI is InChI=1S/C10H9F4NO2/c11-8-2-1-6(9(17)15-3-4-16)5-7(8)10(12,13)14/h1-2,5,16H,3-4H2,(H,15,17). The van der Waals surface area contributed by atoms with Crippen LogP contribution in [0.4, 0.5) is 17.6 Å². The summed E-state index contributed by atoms with van der Waals surface area (Å²) in [5, 5.41) is 10.6. The van der Waals surface area contributed by atoms with Crippen molar-refractivity contribution in [1.82, 2.24) is 5.32 Å². The van der Waals surface area contributed by atoms with Gasteiger partial charge in [0.1, 0.15) is 5.82 Å². The zero-order valence-electron chi connectivity index (χ0n) is 8.51. The molecule has 7 heteroatoms. The first-order valence-corrected chi connectivity index (χ1v) is 4.62. The molecule has 0 heterocycles. The Morgan fingerprint density at radius 2 is 2.00 bits per heavy atom. The zero-order valence-corrected chi connectivity index (χ0v) is 8.51. The molecule has 0 atom stereocenters. The van der Waals surface area contributed by atoms with Gasteiger partial charge >= 0.3 is 6.18 Å². The summed E-state index contributed by atoms with van der Waals surface area (Å²) in [4.78, 5) is 11.3. The van der Waals surface area contributed by atoms with Crippen molar-refractivity contribution >= 4 is 5.91 Å². The van der Waals surface area contributed by atoms with Gasteiger partial charge in [-0.2, -0.15) is 13.2 Å². The Bertz CT molecular complexity index is 417. The highest BCUT2D eigenvalue weighted by molar-refractivity contribution is 5.94. The smallest absolute Gasteiger partial charge is 0.395 e. The van der Waals surface area contributed by atoms with Crippen LogP contribution < -0.4 is 5.32 Å². The molecule has 1 rings (SSSR count). The predicted molar refractivity (Wildman–Crippen MR) is 50.8 cm³/mol. The van der Waals surface area contributed by atoms with Crippen LogP contribution in [0.25, 0.3) is 0 Å². The molecule has 0 unspecified atom stereocenters. The number of carbonyl (C=O) groups excluding carboxylic acids is 1. The number of halogens is 4. The summed E-state index contributed by atoms with van der Waals surface area (Å²) in [6.07, 6.45) is -4.85. The largest absolute Gasteiger partial charge is 0.419 e. The number of hydrogen-bond donors (Lipinski definition) is 2. The summed E-state index contributed by atoms with van der Waals surface area (Å²) in [5.41, 5.74) is -1.80. The molecule has 0 radical (unpaired) electrons. The van der Waals surface area contributed by atoms with E-state index >= 15 is 0 Å². The van der Waals surface area contributed by atoms with E-state index in [1.54, 1.807) is 0 Å². The molecule has 0 aliphatic rings. The minimum Gasteiger partial charge on any atom is -0.395 e. The number of amides is 1. The highest BCUT2D eigenvalue weighted by Gasteiger charge is 2.34. The Hall–Kier alpha value is -1.63. The van der Waals surface area contributed by atoms with E-state index < -0.39 is 23.5 Å². The molecule has 0 saturated carbocycles. The summed E-state index contributed by atoms with van der Waals surface area (Å²) in [5.74, 6) is -2.24. The number of rotatable bonds is 3. The summed E-state index contributed by atoms with van der Waals surface area (Å²) >= 11 is 0. The fourth-order valence-electron chi connectivity index (χ4n) is 1.16. The van der Waals surface area contributed by atoms with Crippen LogP contribution in [-0.2, 0) is 6.18 Å². The van der Waals surface area contributed by atoms with Crippen molar-refractivity contribution < 1.29 is 27.5 Å². The van der Waals surface area contributed by atoms with Crippen molar-refractivity contribution in [3.63, 3.8) is 0 Å². The number of aliphatic hydroxyl groups excluding tert-OH is 1. The summed E-state index contributed by atoms with van der Waals surface area (Å²) in [7, 11) is 0. The normalized spacial score (nSPS) is 11.4. The Labute approximate surface area is 94.1 Å². The Kier molecular flexibility index (Phi) is 4.06. The minimum absolute atomic E-state index is 0.0858. The van der Waals surface area contributed by atoms with E-state index in [0.717, 1.165) is 6.07 Å². The van der Waals surface area contributed by atoms with Gasteiger partial charge in [-0.15, -0.1) is 0 Å². The van der Waals surface area contributed by atoms with Crippen LogP contribution in [0.2, 0.25) is 0 Å². The number of hydrogen-bond acceptors (Lipinski definition) is 2. The fraction of sp³-hybridized carbons (Fsp3) is 0.300. The van der Waals surface area contributed by atoms with E-state index in [0.29, 0.717) is 12.1 Å². The summed E-state index contributed by atoms with van der Waals surface area (Å²) in [6.45, 7) is -0.420. The number of aliphatic hydroxyl groups is 1. The maximum absolute atomic E-state index is 12.9. The predicted octanol–water partition coefficient (Wildman–Crippen LogP) is 1.57. The first-order chi connectivity index (χ1) is 7.86. The molecule has 0 aromatic heterocycles. The van der Waals surface area contributed by atoms with Crippen LogP contribution in [0.3, 0.4) is 0 Å². The first-order valence-electron chi connectivity index (χ1n) is 4.62. The highest BCUT2D eigenvalue weighted by atomic mass is 19.4. The summed E-state index contributed by atoms with van der Waals surface area (Å²) < 4.78 is 49.9. The molecule has 0 saturated heterocycles. The van der Waals surface area contributed by atoms with Gasteiger partial charge in [-0.1, -0.05) is 0 Å². The van der Waals surface area contributed by atoms with E-state index in [2.05, 4.69) is 5.32 Å². The molecule has 3 nitrogen and oxygen atoms in total. The molecule has 0 bridgehead atoms. The first kappa shape index (κ1) is 13.4. The van der Waals surface area contributed by atoms with Crippen LogP contribution in [0, 0.1) is 5.82 Å². The molecule has 94 valence electrons. The molecular formula is C10H9F4NO2. The summed E-state index contributed by atoms with van der Waals surface area (Å²) in [6, 6.07) is 1.95. The fourth-order valence-corrected chi connectivity index (χ4v) is 1.16. The third-order valence-electron chi connectivity index (χ3n) is 1.93. The van der Waals surface area contributed by atoms with Crippen LogP contribution in [0.5, 0.6) is 0 Å². The van der Waals surface area contributed by atoms with Gasteiger partial charge in [0.05, 0.1) is 12.2 Å². The lowest BCUT2D eigenvalue weighted by atomic mass is 10.1. The van der Waals surface area contributed by atoms with Gasteiger partial charge in [-0.3, -0.25) is 4.79 Å². The van der Waals surface area contributed by atoms with Crippen molar-refractivity contribution in [2.24, 2.45) is 0 Å². The van der Waals surface area contributed by atoms with Crippen molar-refractivity contribution in [3.8, 4) is 0 Å². The number of benzene rings is 1. The third kappa shape index (κ3) is 3.42. The van der Waals surface area contributed by atoms with E-state index in [9.17, 15) is 22.4 Å². The quantitative estimate of drug-likeness (QED) is 0.801. The SMILES string of the molecule is O=C(NCCO)c1ccc(F)c(C(F)(F)F)c1. The highest BCUT2D eigenvalue weighted by Crippen LogP contribution is 2.31. The van der Waals surface area contributed by atoms with Crippen molar-refractivity contribution in [3.05, 3.63) is 35.1 Å². The van der Waals surface area contributed by atoms with Gasteiger partial charge < -0.3 is 10.4 Å². The minimum atomic E-state index is -4.85. The third-order valence-corrected chi connectivity index (χ3v) is 1.93. The van der Waals surface area contributed by atoms with Gasteiger partial charge in [-0.05, 0) is 18.2 Å². The molecule has 17 heavy (non-hydrogen) atoms. The Morgan fingerprint density at radius 1 is 1.35 bits per heavy atom. The van der Waals surface area contributed by atoms with E-state index in [-0.39, 0.29) is 18.7 Å². The average molecular weight is 251 g/mol. The molecule has 1 aromatic carbocycles. The average Bonchev–Trinajstić information content (AvgIpc) is 2.25. The van der Waals surface area contributed by atoms with Crippen LogP contribution >= 0.6 is 0 Å². The molecule has 0 fully saturated rings. The molecule has 0 aliphatic carbocycles. The van der Waals surface area contributed by atoms with Crippen molar-refractivity contribution in [2.75, 3.05) is 13.2 Å². The van der Waals surface area contributed by atoms with Crippen molar-refractivity contribution in [1.29, 1.82) is 0 Å².